The van der Waals surface area contributed by atoms with Crippen LogP contribution in [0.4, 0.5) is 5.69 Å². The molecule has 0 atom stereocenters. The van der Waals surface area contributed by atoms with Crippen molar-refractivity contribution in [3.63, 3.8) is 0 Å². The van der Waals surface area contributed by atoms with Gasteiger partial charge in [0, 0.05) is 0 Å². The Kier molecular flexibility index (Phi) is 3.29. The van der Waals surface area contributed by atoms with Crippen LogP contribution in [0.2, 0.25) is 0 Å². The fourth-order valence-corrected chi connectivity index (χ4v) is 2.01. The van der Waals surface area contributed by atoms with Crippen LogP contribution >= 0.6 is 0 Å². The first kappa shape index (κ1) is 12.5. The number of anilines is 1. The summed E-state index contributed by atoms with van der Waals surface area (Å²) in [5, 5.41) is 0. The monoisotopic (exact) mass is 268 g/mol. The molecule has 0 aliphatic heterocycles. The van der Waals surface area contributed by atoms with Gasteiger partial charge in [0.1, 0.15) is 11.3 Å². The Hall–Kier alpha value is -2.49. The first-order valence-corrected chi connectivity index (χ1v) is 6.56. The molecule has 0 saturated carbocycles. The Labute approximate surface area is 117 Å². The molecule has 1 heterocycles. The van der Waals surface area contributed by atoms with E-state index in [1.165, 1.54) is 5.56 Å². The number of benzene rings is 2. The second-order valence-electron chi connectivity index (χ2n) is 4.71. The average Bonchev–Trinajstić information content (AvgIpc) is 2.85. The fourth-order valence-electron chi connectivity index (χ4n) is 2.01. The lowest BCUT2D eigenvalue weighted by molar-refractivity contribution is 0.308. The van der Waals surface area contributed by atoms with E-state index < -0.39 is 0 Å². The molecule has 3 rings (SSSR count). The topological polar surface area (TPSA) is 61.3 Å². The minimum absolute atomic E-state index is 0.524. The smallest absolute Gasteiger partial charge is 0.199 e. The molecule has 102 valence electrons. The highest BCUT2D eigenvalue weighted by atomic mass is 16.5. The second-order valence-corrected chi connectivity index (χ2v) is 4.71. The average molecular weight is 268 g/mol. The van der Waals surface area contributed by atoms with Gasteiger partial charge < -0.3 is 14.9 Å². The van der Waals surface area contributed by atoms with Gasteiger partial charge in [-0.15, -0.1) is 0 Å². The van der Waals surface area contributed by atoms with Crippen LogP contribution in [0, 0.1) is 6.92 Å². The molecule has 0 unspecified atom stereocenters. The molecular formula is C16H16N2O2. The summed E-state index contributed by atoms with van der Waals surface area (Å²) in [6, 6.07) is 13.5. The lowest BCUT2D eigenvalue weighted by Gasteiger charge is -2.04. The van der Waals surface area contributed by atoms with Crippen LogP contribution in [-0.2, 0) is 6.42 Å². The summed E-state index contributed by atoms with van der Waals surface area (Å²) in [6.45, 7) is 2.57. The van der Waals surface area contributed by atoms with Gasteiger partial charge in [0.25, 0.3) is 0 Å². The number of aromatic nitrogens is 1. The van der Waals surface area contributed by atoms with E-state index in [0.717, 1.165) is 11.3 Å². The van der Waals surface area contributed by atoms with Gasteiger partial charge in [-0.25, -0.2) is 4.98 Å². The van der Waals surface area contributed by atoms with Crippen LogP contribution in [0.3, 0.4) is 0 Å². The van der Waals surface area contributed by atoms with Crippen LogP contribution in [0.15, 0.2) is 46.9 Å². The molecule has 0 aliphatic carbocycles. The van der Waals surface area contributed by atoms with Crippen LogP contribution in [0.25, 0.3) is 11.1 Å². The predicted octanol–water partition coefficient (Wildman–Crippen LogP) is 3.34. The van der Waals surface area contributed by atoms with Crippen molar-refractivity contribution in [2.24, 2.45) is 0 Å². The molecule has 3 aromatic rings. The Bertz CT molecular complexity index is 717. The lowest BCUT2D eigenvalue weighted by atomic mass is 10.2. The van der Waals surface area contributed by atoms with Crippen molar-refractivity contribution in [3.05, 3.63) is 53.9 Å². The van der Waals surface area contributed by atoms with Gasteiger partial charge in [0.2, 0.25) is 0 Å². The van der Waals surface area contributed by atoms with Gasteiger partial charge in [-0.05, 0) is 31.2 Å². The number of para-hydroxylation sites is 1. The van der Waals surface area contributed by atoms with E-state index in [9.17, 15) is 0 Å². The van der Waals surface area contributed by atoms with Crippen molar-refractivity contribution >= 4 is 16.8 Å². The van der Waals surface area contributed by atoms with E-state index in [0.29, 0.717) is 30.2 Å². The third kappa shape index (κ3) is 2.59. The number of nitrogen functional groups attached to an aromatic ring is 1. The van der Waals surface area contributed by atoms with E-state index in [1.807, 2.05) is 43.3 Å². The van der Waals surface area contributed by atoms with Gasteiger partial charge in [-0.3, -0.25) is 0 Å². The molecule has 2 N–H and O–H groups in total. The fraction of sp³-hybridized carbons (Fsp3) is 0.188. The number of nitrogens with zero attached hydrogens (tertiary/aromatic N) is 1. The van der Waals surface area contributed by atoms with Crippen LogP contribution in [0.5, 0.6) is 5.75 Å². The van der Waals surface area contributed by atoms with Gasteiger partial charge in [-0.2, -0.15) is 0 Å². The Balaban J connectivity index is 1.65. The molecule has 0 aliphatic rings. The normalized spacial score (nSPS) is 10.8. The summed E-state index contributed by atoms with van der Waals surface area (Å²) in [7, 11) is 0. The highest BCUT2D eigenvalue weighted by Gasteiger charge is 2.08. The maximum atomic E-state index is 5.84. The Morgan fingerprint density at radius 3 is 2.70 bits per heavy atom. The quantitative estimate of drug-likeness (QED) is 0.737. The Morgan fingerprint density at radius 2 is 1.95 bits per heavy atom. The van der Waals surface area contributed by atoms with Crippen LogP contribution < -0.4 is 10.5 Å². The summed E-state index contributed by atoms with van der Waals surface area (Å²) >= 11 is 0. The third-order valence-electron chi connectivity index (χ3n) is 3.10. The summed E-state index contributed by atoms with van der Waals surface area (Å²) in [6.07, 6.45) is 0.613. The van der Waals surface area contributed by atoms with Crippen molar-refractivity contribution in [3.8, 4) is 5.75 Å². The molecule has 0 spiro atoms. The number of ether oxygens (including phenoxy) is 1. The summed E-state index contributed by atoms with van der Waals surface area (Å²) in [5.74, 6) is 1.50. The molecule has 1 aromatic heterocycles. The summed E-state index contributed by atoms with van der Waals surface area (Å²) in [4.78, 5) is 4.39. The summed E-state index contributed by atoms with van der Waals surface area (Å²) in [5.41, 5.74) is 9.10. The molecule has 0 saturated heterocycles. The number of aryl methyl sites for hydroxylation is 1. The molecule has 0 radical (unpaired) electrons. The molecular weight excluding hydrogens is 252 g/mol. The minimum atomic E-state index is 0.524. The van der Waals surface area contributed by atoms with Gasteiger partial charge in [-0.1, -0.05) is 23.8 Å². The predicted molar refractivity (Wildman–Crippen MR) is 78.8 cm³/mol. The number of oxazole rings is 1. The third-order valence-corrected chi connectivity index (χ3v) is 3.10. The number of nitrogens with two attached hydrogens (primary N) is 1. The van der Waals surface area contributed by atoms with Crippen molar-refractivity contribution in [2.75, 3.05) is 12.3 Å². The zero-order valence-corrected chi connectivity index (χ0v) is 11.3. The first-order valence-electron chi connectivity index (χ1n) is 6.56. The van der Waals surface area contributed by atoms with Gasteiger partial charge >= 0.3 is 0 Å². The number of hydrogen-bond donors (Lipinski definition) is 1. The van der Waals surface area contributed by atoms with E-state index in [2.05, 4.69) is 4.98 Å². The lowest BCUT2D eigenvalue weighted by Crippen LogP contribution is -2.01. The van der Waals surface area contributed by atoms with Crippen molar-refractivity contribution in [2.45, 2.75) is 13.3 Å². The van der Waals surface area contributed by atoms with E-state index in [4.69, 9.17) is 14.9 Å². The molecule has 0 fully saturated rings. The van der Waals surface area contributed by atoms with Crippen molar-refractivity contribution in [1.82, 2.24) is 4.98 Å². The molecule has 0 amide bonds. The Morgan fingerprint density at radius 1 is 1.15 bits per heavy atom. The number of hydrogen-bond acceptors (Lipinski definition) is 4. The molecule has 20 heavy (non-hydrogen) atoms. The zero-order valence-electron chi connectivity index (χ0n) is 11.3. The van der Waals surface area contributed by atoms with E-state index >= 15 is 0 Å². The van der Waals surface area contributed by atoms with E-state index in [-0.39, 0.29) is 0 Å². The van der Waals surface area contributed by atoms with Gasteiger partial charge in [0.15, 0.2) is 11.5 Å². The molecule has 4 heteroatoms. The van der Waals surface area contributed by atoms with Crippen molar-refractivity contribution in [1.29, 1.82) is 0 Å². The maximum absolute atomic E-state index is 5.84. The second kappa shape index (κ2) is 5.25. The number of rotatable bonds is 4. The molecule has 2 aromatic carbocycles. The molecule has 4 nitrogen and oxygen atoms in total. The first-order chi connectivity index (χ1) is 9.72. The summed E-state index contributed by atoms with van der Waals surface area (Å²) < 4.78 is 11.3. The largest absolute Gasteiger partial charge is 0.493 e. The maximum Gasteiger partial charge on any atom is 0.199 e. The van der Waals surface area contributed by atoms with Crippen LogP contribution in [0.1, 0.15) is 11.5 Å². The van der Waals surface area contributed by atoms with Crippen LogP contribution in [-0.4, -0.2) is 11.6 Å². The SMILES string of the molecule is Cc1ccc(OCCc2nc3cccc(N)c3o2)cc1. The highest BCUT2D eigenvalue weighted by Crippen LogP contribution is 2.22. The minimum Gasteiger partial charge on any atom is -0.493 e. The zero-order chi connectivity index (χ0) is 13.9. The number of fused-ring (bicyclic) bond motifs is 1. The van der Waals surface area contributed by atoms with E-state index in [1.54, 1.807) is 6.07 Å². The molecule has 0 bridgehead atoms. The van der Waals surface area contributed by atoms with Crippen molar-refractivity contribution < 1.29 is 9.15 Å². The highest BCUT2D eigenvalue weighted by molar-refractivity contribution is 5.84. The van der Waals surface area contributed by atoms with Gasteiger partial charge in [0.05, 0.1) is 18.7 Å². The standard InChI is InChI=1S/C16H16N2O2/c1-11-5-7-12(8-6-11)19-10-9-15-18-14-4-2-3-13(17)16(14)20-15/h2-8H,9-10,17H2,1H3.